The van der Waals surface area contributed by atoms with Gasteiger partial charge in [-0.15, -0.1) is 0 Å². The highest BCUT2D eigenvalue weighted by Gasteiger charge is 2.38. The SMILES string of the molecule is C[C@@H](Oc1ccc2c(n1)CCN(CC[C@H]1CC[C@H](NC(=O)Cc3cnn(C)n3)CC1)CC2)C(F)(F)F. The van der Waals surface area contributed by atoms with Gasteiger partial charge in [-0.25, -0.2) is 4.98 Å². The summed E-state index contributed by atoms with van der Waals surface area (Å²) < 4.78 is 43.4. The van der Waals surface area contributed by atoms with Crippen molar-refractivity contribution in [1.29, 1.82) is 0 Å². The van der Waals surface area contributed by atoms with Crippen LogP contribution in [0.1, 0.15) is 56.0 Å². The second-order valence-electron chi connectivity index (χ2n) is 9.97. The van der Waals surface area contributed by atoms with Gasteiger partial charge in [-0.05, 0) is 63.5 Å². The number of nitrogens with zero attached hydrogens (tertiary/aromatic N) is 5. The van der Waals surface area contributed by atoms with Crippen molar-refractivity contribution in [2.45, 2.75) is 76.6 Å². The lowest BCUT2D eigenvalue weighted by molar-refractivity contribution is -0.190. The number of hydrogen-bond acceptors (Lipinski definition) is 6. The predicted octanol–water partition coefficient (Wildman–Crippen LogP) is 3.25. The zero-order chi connectivity index (χ0) is 25.7. The number of carbonyl (C=O) groups excluding carboxylic acids is 1. The van der Waals surface area contributed by atoms with Crippen molar-refractivity contribution >= 4 is 5.91 Å². The van der Waals surface area contributed by atoms with Crippen molar-refractivity contribution in [3.05, 3.63) is 35.3 Å². The third kappa shape index (κ3) is 7.41. The molecule has 2 aromatic rings. The van der Waals surface area contributed by atoms with Gasteiger partial charge in [0.2, 0.25) is 11.8 Å². The van der Waals surface area contributed by atoms with Crippen LogP contribution in [0, 0.1) is 5.92 Å². The summed E-state index contributed by atoms with van der Waals surface area (Å²) in [5.41, 5.74) is 2.60. The first-order valence-corrected chi connectivity index (χ1v) is 12.7. The standard InChI is InChI=1S/C25H35F3N6O2/c1-17(25(26,27)28)36-24-8-5-19-10-13-34(14-11-22(19)31-24)12-9-18-3-6-20(7-4-18)30-23(35)15-21-16-29-33(2)32-21/h5,8,16-18,20H,3-4,6-7,9-15H2,1-2H3,(H,30,35)/t17-,18-,20-/m1/s1. The summed E-state index contributed by atoms with van der Waals surface area (Å²) in [6.45, 7) is 3.75. The molecule has 0 radical (unpaired) electrons. The average molecular weight is 509 g/mol. The molecule has 3 heterocycles. The zero-order valence-corrected chi connectivity index (χ0v) is 20.9. The van der Waals surface area contributed by atoms with Crippen LogP contribution in [0.2, 0.25) is 0 Å². The highest BCUT2D eigenvalue weighted by atomic mass is 19.4. The average Bonchev–Trinajstić information content (AvgIpc) is 3.12. The number of nitrogens with one attached hydrogen (secondary N) is 1. The number of pyridine rings is 1. The summed E-state index contributed by atoms with van der Waals surface area (Å²) in [6, 6.07) is 3.62. The largest absolute Gasteiger partial charge is 0.465 e. The van der Waals surface area contributed by atoms with E-state index in [4.69, 9.17) is 4.74 Å². The molecule has 11 heteroatoms. The number of hydrogen-bond donors (Lipinski definition) is 1. The number of ether oxygens (including phenoxy) is 1. The lowest BCUT2D eigenvalue weighted by Gasteiger charge is -2.30. The fourth-order valence-electron chi connectivity index (χ4n) is 5.02. The number of alkyl halides is 3. The third-order valence-corrected chi connectivity index (χ3v) is 7.22. The lowest BCUT2D eigenvalue weighted by Crippen LogP contribution is -2.39. The van der Waals surface area contributed by atoms with Crippen LogP contribution < -0.4 is 10.1 Å². The molecule has 0 unspecified atom stereocenters. The summed E-state index contributed by atoms with van der Waals surface area (Å²) in [6.07, 6.45) is 2.43. The molecular weight excluding hydrogens is 473 g/mol. The van der Waals surface area contributed by atoms with Crippen molar-refractivity contribution in [1.82, 2.24) is 30.2 Å². The maximum atomic E-state index is 12.8. The summed E-state index contributed by atoms with van der Waals surface area (Å²) >= 11 is 0. The van der Waals surface area contributed by atoms with Crippen LogP contribution in [0.5, 0.6) is 5.88 Å². The van der Waals surface area contributed by atoms with Gasteiger partial charge in [-0.3, -0.25) is 4.79 Å². The van der Waals surface area contributed by atoms with E-state index in [9.17, 15) is 18.0 Å². The van der Waals surface area contributed by atoms with E-state index >= 15 is 0 Å². The molecule has 0 aromatic carbocycles. The normalized spacial score (nSPS) is 21.9. The van der Waals surface area contributed by atoms with Gasteiger partial charge >= 0.3 is 6.18 Å². The van der Waals surface area contributed by atoms with Gasteiger partial charge in [0.25, 0.3) is 0 Å². The van der Waals surface area contributed by atoms with Crippen LogP contribution in [0.25, 0.3) is 0 Å². The fourth-order valence-corrected chi connectivity index (χ4v) is 5.02. The molecule has 36 heavy (non-hydrogen) atoms. The predicted molar refractivity (Wildman–Crippen MR) is 127 cm³/mol. The number of amides is 1. The summed E-state index contributed by atoms with van der Waals surface area (Å²) in [5, 5.41) is 11.3. The number of fused-ring (bicyclic) bond motifs is 1. The second-order valence-corrected chi connectivity index (χ2v) is 9.97. The molecule has 1 saturated carbocycles. The molecule has 1 aliphatic carbocycles. The molecule has 1 amide bonds. The summed E-state index contributed by atoms with van der Waals surface area (Å²) in [5.74, 6) is 0.677. The number of halogens is 3. The minimum Gasteiger partial charge on any atom is -0.465 e. The van der Waals surface area contributed by atoms with E-state index < -0.39 is 12.3 Å². The molecule has 2 aromatic heterocycles. The van der Waals surface area contributed by atoms with Crippen LogP contribution in [0.4, 0.5) is 13.2 Å². The van der Waals surface area contributed by atoms with Crippen molar-refractivity contribution in [2.24, 2.45) is 13.0 Å². The number of carbonyl (C=O) groups is 1. The minimum atomic E-state index is -4.41. The summed E-state index contributed by atoms with van der Waals surface area (Å²) in [7, 11) is 1.73. The quantitative estimate of drug-likeness (QED) is 0.589. The van der Waals surface area contributed by atoms with Crippen LogP contribution in [0.15, 0.2) is 18.3 Å². The van der Waals surface area contributed by atoms with Gasteiger partial charge in [0, 0.05) is 44.4 Å². The van der Waals surface area contributed by atoms with Crippen LogP contribution in [0.3, 0.4) is 0 Å². The lowest BCUT2D eigenvalue weighted by atomic mass is 9.84. The Balaban J connectivity index is 1.17. The Kier molecular flexibility index (Phi) is 8.48. The van der Waals surface area contributed by atoms with Crippen LogP contribution in [-0.2, 0) is 31.1 Å². The highest BCUT2D eigenvalue weighted by Crippen LogP contribution is 2.28. The van der Waals surface area contributed by atoms with E-state index in [1.807, 2.05) is 6.07 Å². The number of aromatic nitrogens is 4. The second kappa shape index (κ2) is 11.6. The maximum Gasteiger partial charge on any atom is 0.425 e. The first-order chi connectivity index (χ1) is 17.2. The third-order valence-electron chi connectivity index (χ3n) is 7.22. The van der Waals surface area contributed by atoms with Crippen molar-refractivity contribution in [3.63, 3.8) is 0 Å². The molecule has 1 N–H and O–H groups in total. The molecule has 4 rings (SSSR count). The minimum absolute atomic E-state index is 0.00175. The van der Waals surface area contributed by atoms with E-state index in [-0.39, 0.29) is 24.2 Å². The summed E-state index contributed by atoms with van der Waals surface area (Å²) in [4.78, 5) is 20.6. The van der Waals surface area contributed by atoms with Gasteiger partial charge in [0.05, 0.1) is 18.3 Å². The Morgan fingerprint density at radius 3 is 2.64 bits per heavy atom. The zero-order valence-electron chi connectivity index (χ0n) is 20.9. The van der Waals surface area contributed by atoms with E-state index in [2.05, 4.69) is 25.4 Å². The molecule has 8 nitrogen and oxygen atoms in total. The molecule has 2 aliphatic rings. The van der Waals surface area contributed by atoms with Crippen molar-refractivity contribution in [3.8, 4) is 5.88 Å². The Labute approximate surface area is 209 Å². The Hall–Kier alpha value is -2.69. The first-order valence-electron chi connectivity index (χ1n) is 12.7. The van der Waals surface area contributed by atoms with Gasteiger partial charge in [0.1, 0.15) is 0 Å². The molecule has 1 atom stereocenters. The molecule has 198 valence electrons. The van der Waals surface area contributed by atoms with Gasteiger partial charge < -0.3 is 15.0 Å². The first kappa shape index (κ1) is 26.4. The van der Waals surface area contributed by atoms with Gasteiger partial charge in [-0.1, -0.05) is 6.07 Å². The number of aryl methyl sites for hydroxylation is 1. The van der Waals surface area contributed by atoms with E-state index in [1.165, 1.54) is 4.80 Å². The van der Waals surface area contributed by atoms with Gasteiger partial charge in [0.15, 0.2) is 6.10 Å². The topological polar surface area (TPSA) is 85.2 Å². The Morgan fingerprint density at radius 2 is 1.94 bits per heavy atom. The highest BCUT2D eigenvalue weighted by molar-refractivity contribution is 5.78. The van der Waals surface area contributed by atoms with Crippen LogP contribution in [-0.4, -0.2) is 68.7 Å². The molecule has 1 fully saturated rings. The molecule has 0 spiro atoms. The van der Waals surface area contributed by atoms with E-state index in [0.29, 0.717) is 18.0 Å². The van der Waals surface area contributed by atoms with Crippen molar-refractivity contribution < 1.29 is 22.7 Å². The fraction of sp³-hybridized carbons (Fsp3) is 0.680. The Bertz CT molecular complexity index is 1020. The monoisotopic (exact) mass is 508 g/mol. The maximum absolute atomic E-state index is 12.8. The number of rotatable bonds is 8. The molecule has 0 bridgehead atoms. The van der Waals surface area contributed by atoms with Gasteiger partial charge in [-0.2, -0.15) is 28.2 Å². The van der Waals surface area contributed by atoms with E-state index in [1.54, 1.807) is 19.3 Å². The molecule has 1 aliphatic heterocycles. The molecular formula is C25H35F3N6O2. The van der Waals surface area contributed by atoms with E-state index in [0.717, 1.165) is 76.3 Å². The van der Waals surface area contributed by atoms with Crippen LogP contribution >= 0.6 is 0 Å². The molecule has 0 saturated heterocycles. The smallest absolute Gasteiger partial charge is 0.425 e. The Morgan fingerprint density at radius 1 is 1.19 bits per heavy atom. The van der Waals surface area contributed by atoms with Crippen molar-refractivity contribution in [2.75, 3.05) is 19.6 Å².